The third kappa shape index (κ3) is 3.93. The summed E-state index contributed by atoms with van der Waals surface area (Å²) in [5.74, 6) is -0.346. The Morgan fingerprint density at radius 2 is 1.78 bits per heavy atom. The van der Waals surface area contributed by atoms with Gasteiger partial charge in [-0.25, -0.2) is 9.18 Å². The van der Waals surface area contributed by atoms with Crippen molar-refractivity contribution in [1.29, 1.82) is 0 Å². The molecule has 0 spiro atoms. The first kappa shape index (κ1) is 18.8. The molecule has 2 N–H and O–H groups in total. The molecule has 27 heavy (non-hydrogen) atoms. The van der Waals surface area contributed by atoms with Crippen LogP contribution in [0.5, 0.6) is 5.75 Å². The molecule has 7 heteroatoms. The van der Waals surface area contributed by atoms with Crippen LogP contribution in [0.2, 0.25) is 0 Å². The van der Waals surface area contributed by atoms with Crippen molar-refractivity contribution in [3.8, 4) is 5.75 Å². The van der Waals surface area contributed by atoms with Gasteiger partial charge in [0.2, 0.25) is 0 Å². The van der Waals surface area contributed by atoms with Gasteiger partial charge in [0.05, 0.1) is 6.54 Å². The van der Waals surface area contributed by atoms with Crippen LogP contribution in [-0.2, 0) is 10.3 Å². The lowest BCUT2D eigenvalue weighted by Gasteiger charge is -2.23. The Hall–Kier alpha value is -2.93. The number of nitrogens with one attached hydrogen (secondary N) is 1. The second-order valence-corrected chi connectivity index (χ2v) is 6.76. The van der Waals surface area contributed by atoms with E-state index in [2.05, 4.69) is 5.32 Å². The normalized spacial score (nSPS) is 20.5. The van der Waals surface area contributed by atoms with Gasteiger partial charge in [-0.2, -0.15) is 0 Å². The summed E-state index contributed by atoms with van der Waals surface area (Å²) in [6.45, 7) is 3.24. The van der Waals surface area contributed by atoms with E-state index < -0.39 is 29.4 Å². The Bertz CT molecular complexity index is 838. The van der Waals surface area contributed by atoms with Crippen molar-refractivity contribution in [2.45, 2.75) is 25.5 Å². The summed E-state index contributed by atoms with van der Waals surface area (Å²) >= 11 is 0. The number of urea groups is 1. The van der Waals surface area contributed by atoms with E-state index >= 15 is 0 Å². The van der Waals surface area contributed by atoms with Crippen LogP contribution in [0.4, 0.5) is 9.18 Å². The summed E-state index contributed by atoms with van der Waals surface area (Å²) in [4.78, 5) is 26.0. The largest absolute Gasteiger partial charge is 0.491 e. The van der Waals surface area contributed by atoms with Crippen molar-refractivity contribution in [3.05, 3.63) is 65.5 Å². The smallest absolute Gasteiger partial charge is 0.325 e. The highest BCUT2D eigenvalue weighted by Gasteiger charge is 2.49. The van der Waals surface area contributed by atoms with E-state index in [9.17, 15) is 19.1 Å². The molecule has 2 aromatic carbocycles. The molecule has 2 unspecified atom stereocenters. The first-order chi connectivity index (χ1) is 12.8. The standard InChI is InChI=1S/C20H21FN2O4/c1-13-3-9-17(10-4-13)27-12-16(24)11-23-18(25)20(2,22-19(23)26)14-5-7-15(21)8-6-14/h3-10,16,24H,11-12H2,1-2H3,(H,22,26). The van der Waals surface area contributed by atoms with E-state index in [0.717, 1.165) is 10.5 Å². The molecule has 1 fully saturated rings. The molecule has 3 rings (SSSR count). The number of carbonyl (C=O) groups is 2. The average Bonchev–Trinajstić information content (AvgIpc) is 2.86. The molecule has 0 aliphatic carbocycles. The summed E-state index contributed by atoms with van der Waals surface area (Å²) in [6, 6.07) is 12.1. The lowest BCUT2D eigenvalue weighted by Crippen LogP contribution is -2.42. The van der Waals surface area contributed by atoms with Crippen LogP contribution in [0.3, 0.4) is 0 Å². The quantitative estimate of drug-likeness (QED) is 0.763. The van der Waals surface area contributed by atoms with Gasteiger partial charge in [-0.3, -0.25) is 9.69 Å². The highest BCUT2D eigenvalue weighted by molar-refractivity contribution is 6.07. The Balaban J connectivity index is 1.64. The predicted molar refractivity (Wildman–Crippen MR) is 96.7 cm³/mol. The molecule has 2 atom stereocenters. The number of nitrogens with zero attached hydrogens (tertiary/aromatic N) is 1. The Morgan fingerprint density at radius 3 is 2.41 bits per heavy atom. The van der Waals surface area contributed by atoms with Crippen LogP contribution >= 0.6 is 0 Å². The number of β-amino-alcohol motifs (C(OH)–C–C–N with tert-alkyl or cyclic N) is 1. The maximum absolute atomic E-state index is 13.1. The summed E-state index contributed by atoms with van der Waals surface area (Å²) in [6.07, 6.45) is -1.04. The first-order valence-corrected chi connectivity index (χ1v) is 8.57. The van der Waals surface area contributed by atoms with Crippen LogP contribution in [0.15, 0.2) is 48.5 Å². The molecular formula is C20H21FN2O4. The van der Waals surface area contributed by atoms with E-state index in [1.165, 1.54) is 24.3 Å². The average molecular weight is 372 g/mol. The molecule has 3 amide bonds. The fourth-order valence-corrected chi connectivity index (χ4v) is 2.93. The zero-order chi connectivity index (χ0) is 19.6. The molecule has 0 aromatic heterocycles. The van der Waals surface area contributed by atoms with Crippen molar-refractivity contribution in [2.24, 2.45) is 0 Å². The fourth-order valence-electron chi connectivity index (χ4n) is 2.93. The van der Waals surface area contributed by atoms with E-state index in [4.69, 9.17) is 4.74 Å². The number of ether oxygens (including phenoxy) is 1. The van der Waals surface area contributed by atoms with E-state index in [1.54, 1.807) is 19.1 Å². The Kier molecular flexibility index (Phi) is 5.14. The summed E-state index contributed by atoms with van der Waals surface area (Å²) in [5, 5.41) is 12.8. The Labute approximate surface area is 156 Å². The number of hydrogen-bond acceptors (Lipinski definition) is 4. The monoisotopic (exact) mass is 372 g/mol. The number of hydrogen-bond donors (Lipinski definition) is 2. The molecule has 1 saturated heterocycles. The third-order valence-corrected chi connectivity index (χ3v) is 4.55. The van der Waals surface area contributed by atoms with Crippen LogP contribution in [0, 0.1) is 12.7 Å². The van der Waals surface area contributed by atoms with Gasteiger partial charge in [-0.15, -0.1) is 0 Å². The highest BCUT2D eigenvalue weighted by atomic mass is 19.1. The van der Waals surface area contributed by atoms with Crippen molar-refractivity contribution in [1.82, 2.24) is 10.2 Å². The van der Waals surface area contributed by atoms with Gasteiger partial charge in [0.1, 0.15) is 29.8 Å². The van der Waals surface area contributed by atoms with Crippen molar-refractivity contribution < 1.29 is 23.8 Å². The van der Waals surface area contributed by atoms with Gasteiger partial charge >= 0.3 is 6.03 Å². The van der Waals surface area contributed by atoms with Gasteiger partial charge in [0.15, 0.2) is 0 Å². The molecule has 1 aliphatic heterocycles. The van der Waals surface area contributed by atoms with E-state index in [-0.39, 0.29) is 13.2 Å². The number of benzene rings is 2. The molecule has 142 valence electrons. The van der Waals surface area contributed by atoms with Crippen molar-refractivity contribution in [3.63, 3.8) is 0 Å². The van der Waals surface area contributed by atoms with E-state index in [0.29, 0.717) is 11.3 Å². The van der Waals surface area contributed by atoms with Crippen molar-refractivity contribution >= 4 is 11.9 Å². The number of aliphatic hydroxyl groups is 1. The SMILES string of the molecule is Cc1ccc(OCC(O)CN2C(=O)NC(C)(c3ccc(F)cc3)C2=O)cc1. The fraction of sp³-hybridized carbons (Fsp3) is 0.300. The van der Waals surface area contributed by atoms with Crippen molar-refractivity contribution in [2.75, 3.05) is 13.2 Å². The number of aliphatic hydroxyl groups excluding tert-OH is 1. The number of rotatable bonds is 6. The predicted octanol–water partition coefficient (Wildman–Crippen LogP) is 2.34. The molecule has 2 aromatic rings. The van der Waals surface area contributed by atoms with Crippen LogP contribution in [0.1, 0.15) is 18.1 Å². The zero-order valence-electron chi connectivity index (χ0n) is 15.1. The number of amides is 3. The van der Waals surface area contributed by atoms with Gasteiger partial charge in [0, 0.05) is 0 Å². The van der Waals surface area contributed by atoms with Crippen LogP contribution < -0.4 is 10.1 Å². The van der Waals surface area contributed by atoms with Gasteiger partial charge in [-0.05, 0) is 43.7 Å². The first-order valence-electron chi connectivity index (χ1n) is 8.57. The summed E-state index contributed by atoms with van der Waals surface area (Å²) < 4.78 is 18.6. The number of carbonyl (C=O) groups excluding carboxylic acids is 2. The molecule has 1 aliphatic rings. The number of aryl methyl sites for hydroxylation is 1. The maximum atomic E-state index is 13.1. The van der Waals surface area contributed by atoms with E-state index in [1.807, 2.05) is 19.1 Å². The lowest BCUT2D eigenvalue weighted by molar-refractivity contribution is -0.132. The topological polar surface area (TPSA) is 78.9 Å². The Morgan fingerprint density at radius 1 is 1.15 bits per heavy atom. The molecule has 6 nitrogen and oxygen atoms in total. The number of imide groups is 1. The zero-order valence-corrected chi connectivity index (χ0v) is 15.1. The lowest BCUT2D eigenvalue weighted by atomic mass is 9.92. The summed E-state index contributed by atoms with van der Waals surface area (Å²) in [5.41, 5.74) is 0.250. The molecule has 0 saturated carbocycles. The van der Waals surface area contributed by atoms with Gasteiger partial charge < -0.3 is 15.2 Å². The minimum absolute atomic E-state index is 0.0621. The minimum atomic E-state index is -1.30. The number of halogens is 1. The molecular weight excluding hydrogens is 351 g/mol. The third-order valence-electron chi connectivity index (χ3n) is 4.55. The molecule has 0 bridgehead atoms. The molecule has 0 radical (unpaired) electrons. The van der Waals surface area contributed by atoms with Gasteiger partial charge in [-0.1, -0.05) is 29.8 Å². The second kappa shape index (κ2) is 7.36. The second-order valence-electron chi connectivity index (χ2n) is 6.76. The van der Waals surface area contributed by atoms with Gasteiger partial charge in [0.25, 0.3) is 5.91 Å². The minimum Gasteiger partial charge on any atom is -0.491 e. The van der Waals surface area contributed by atoms with Crippen LogP contribution in [-0.4, -0.2) is 41.2 Å². The summed E-state index contributed by atoms with van der Waals surface area (Å²) in [7, 11) is 0. The highest BCUT2D eigenvalue weighted by Crippen LogP contribution is 2.29. The van der Waals surface area contributed by atoms with Crippen LogP contribution in [0.25, 0.3) is 0 Å². The maximum Gasteiger partial charge on any atom is 0.325 e. The molecule has 1 heterocycles.